The van der Waals surface area contributed by atoms with Crippen molar-refractivity contribution in [3.63, 3.8) is 0 Å². The highest BCUT2D eigenvalue weighted by atomic mass is 16.4. The summed E-state index contributed by atoms with van der Waals surface area (Å²) in [6.07, 6.45) is 1.24. The van der Waals surface area contributed by atoms with Crippen LogP contribution in [0.3, 0.4) is 0 Å². The molecule has 0 aliphatic rings. The first-order valence-corrected chi connectivity index (χ1v) is 5.43. The molecule has 0 bridgehead atoms. The van der Waals surface area contributed by atoms with E-state index < -0.39 is 5.97 Å². The van der Waals surface area contributed by atoms with E-state index in [9.17, 15) is 4.79 Å². The predicted octanol–water partition coefficient (Wildman–Crippen LogP) is 0.949. The lowest BCUT2D eigenvalue weighted by Crippen LogP contribution is -2.32. The van der Waals surface area contributed by atoms with Crippen molar-refractivity contribution < 1.29 is 9.90 Å². The Bertz CT molecular complexity index is 211. The molecule has 0 aromatic heterocycles. The minimum atomic E-state index is -0.877. The highest BCUT2D eigenvalue weighted by Gasteiger charge is 1.98. The Morgan fingerprint density at radius 3 is 2.47 bits per heavy atom. The Kier molecular flexibility index (Phi) is 7.95. The number of rotatable bonds is 8. The van der Waals surface area contributed by atoms with Crippen LogP contribution in [0.5, 0.6) is 0 Å². The van der Waals surface area contributed by atoms with E-state index in [-0.39, 0.29) is 0 Å². The molecule has 0 aromatic carbocycles. The number of hydrogen-bond acceptors (Lipinski definition) is 3. The van der Waals surface area contributed by atoms with Crippen molar-refractivity contribution >= 4 is 5.97 Å². The van der Waals surface area contributed by atoms with Gasteiger partial charge < -0.3 is 15.3 Å². The topological polar surface area (TPSA) is 52.6 Å². The van der Waals surface area contributed by atoms with Gasteiger partial charge in [-0.3, -0.25) is 0 Å². The molecule has 0 saturated carbocycles. The molecule has 0 unspecified atom stereocenters. The van der Waals surface area contributed by atoms with E-state index in [0.29, 0.717) is 6.54 Å². The second-order valence-corrected chi connectivity index (χ2v) is 3.53. The molecule has 0 aromatic rings. The van der Waals surface area contributed by atoms with Crippen LogP contribution in [-0.4, -0.2) is 48.7 Å². The van der Waals surface area contributed by atoms with Crippen LogP contribution in [0.15, 0.2) is 11.6 Å². The maximum absolute atomic E-state index is 10.3. The Labute approximate surface area is 92.0 Å². The molecule has 88 valence electrons. The molecule has 0 rings (SSSR count). The predicted molar refractivity (Wildman–Crippen MR) is 62.1 cm³/mol. The number of carboxylic acid groups (broad SMARTS) is 1. The van der Waals surface area contributed by atoms with Crippen LogP contribution in [0, 0.1) is 0 Å². The van der Waals surface area contributed by atoms with Gasteiger partial charge in [0.15, 0.2) is 0 Å². The molecule has 4 nitrogen and oxygen atoms in total. The fraction of sp³-hybridized carbons (Fsp3) is 0.727. The Morgan fingerprint density at radius 2 is 2.00 bits per heavy atom. The number of hydrogen-bond donors (Lipinski definition) is 2. The molecule has 0 spiro atoms. The lowest BCUT2D eigenvalue weighted by molar-refractivity contribution is -0.131. The summed E-state index contributed by atoms with van der Waals surface area (Å²) in [5.74, 6) is -0.877. The summed E-state index contributed by atoms with van der Waals surface area (Å²) in [4.78, 5) is 12.7. The van der Waals surface area contributed by atoms with Crippen molar-refractivity contribution in [2.45, 2.75) is 20.8 Å². The second-order valence-electron chi connectivity index (χ2n) is 3.53. The summed E-state index contributed by atoms with van der Waals surface area (Å²) >= 11 is 0. The Balaban J connectivity index is 3.58. The molecule has 0 radical (unpaired) electrons. The molecule has 4 heteroatoms. The third-order valence-corrected chi connectivity index (χ3v) is 2.27. The van der Waals surface area contributed by atoms with Crippen LogP contribution >= 0.6 is 0 Å². The van der Waals surface area contributed by atoms with E-state index in [1.165, 1.54) is 6.08 Å². The van der Waals surface area contributed by atoms with Crippen molar-refractivity contribution in [2.24, 2.45) is 0 Å². The molecule has 0 saturated heterocycles. The van der Waals surface area contributed by atoms with Gasteiger partial charge in [-0.15, -0.1) is 0 Å². The first-order chi connectivity index (χ1) is 7.10. The Hall–Kier alpha value is -0.870. The normalized spacial score (nSPS) is 12.1. The molecular weight excluding hydrogens is 192 g/mol. The van der Waals surface area contributed by atoms with E-state index in [2.05, 4.69) is 24.1 Å². The minimum absolute atomic E-state index is 0.646. The van der Waals surface area contributed by atoms with Gasteiger partial charge in [-0.2, -0.15) is 0 Å². The first-order valence-electron chi connectivity index (χ1n) is 5.43. The molecule has 0 heterocycles. The first kappa shape index (κ1) is 14.1. The SMILES string of the molecule is CCN(CC)CCNCC(C)=CC(=O)O. The molecule has 0 fully saturated rings. The van der Waals surface area contributed by atoms with Gasteiger partial charge in [0.1, 0.15) is 0 Å². The number of likely N-dealkylation sites (N-methyl/N-ethyl adjacent to an activating group) is 1. The molecule has 0 amide bonds. The number of aliphatic carboxylic acids is 1. The van der Waals surface area contributed by atoms with Crippen molar-refractivity contribution in [1.29, 1.82) is 0 Å². The highest BCUT2D eigenvalue weighted by molar-refractivity contribution is 5.80. The van der Waals surface area contributed by atoms with E-state index in [0.717, 1.165) is 31.8 Å². The van der Waals surface area contributed by atoms with Gasteiger partial charge in [0.05, 0.1) is 0 Å². The molecular formula is C11H22N2O2. The summed E-state index contributed by atoms with van der Waals surface area (Å²) in [7, 11) is 0. The lowest BCUT2D eigenvalue weighted by atomic mass is 10.3. The van der Waals surface area contributed by atoms with Gasteiger partial charge >= 0.3 is 5.97 Å². The van der Waals surface area contributed by atoms with Gasteiger partial charge in [0.2, 0.25) is 0 Å². The van der Waals surface area contributed by atoms with Crippen LogP contribution in [0.25, 0.3) is 0 Å². The zero-order chi connectivity index (χ0) is 11.7. The summed E-state index contributed by atoms with van der Waals surface area (Å²) in [5, 5.41) is 11.7. The summed E-state index contributed by atoms with van der Waals surface area (Å²) in [5.41, 5.74) is 0.849. The zero-order valence-electron chi connectivity index (χ0n) is 9.92. The van der Waals surface area contributed by atoms with E-state index in [1.807, 2.05) is 6.92 Å². The number of carboxylic acids is 1. The van der Waals surface area contributed by atoms with Crippen molar-refractivity contribution in [3.05, 3.63) is 11.6 Å². The average molecular weight is 214 g/mol. The zero-order valence-corrected chi connectivity index (χ0v) is 9.92. The fourth-order valence-electron chi connectivity index (χ4n) is 1.32. The molecule has 0 aliphatic carbocycles. The Morgan fingerprint density at radius 1 is 1.40 bits per heavy atom. The number of carbonyl (C=O) groups is 1. The van der Waals surface area contributed by atoms with Gasteiger partial charge in [-0.05, 0) is 20.0 Å². The van der Waals surface area contributed by atoms with E-state index in [4.69, 9.17) is 5.11 Å². The van der Waals surface area contributed by atoms with Gasteiger partial charge in [-0.25, -0.2) is 4.79 Å². The van der Waals surface area contributed by atoms with Crippen LogP contribution in [-0.2, 0) is 4.79 Å². The summed E-state index contributed by atoms with van der Waals surface area (Å²) in [6, 6.07) is 0. The third kappa shape index (κ3) is 8.15. The van der Waals surface area contributed by atoms with Crippen molar-refractivity contribution in [3.8, 4) is 0 Å². The molecule has 0 aliphatic heterocycles. The molecule has 0 atom stereocenters. The summed E-state index contributed by atoms with van der Waals surface area (Å²) in [6.45, 7) is 10.8. The van der Waals surface area contributed by atoms with Gasteiger partial charge in [0.25, 0.3) is 0 Å². The summed E-state index contributed by atoms with van der Waals surface area (Å²) < 4.78 is 0. The van der Waals surface area contributed by atoms with Crippen molar-refractivity contribution in [1.82, 2.24) is 10.2 Å². The van der Waals surface area contributed by atoms with Crippen LogP contribution in [0.4, 0.5) is 0 Å². The fourth-order valence-corrected chi connectivity index (χ4v) is 1.32. The maximum Gasteiger partial charge on any atom is 0.328 e. The van der Waals surface area contributed by atoms with Crippen molar-refractivity contribution in [2.75, 3.05) is 32.7 Å². The van der Waals surface area contributed by atoms with Crippen LogP contribution in [0.1, 0.15) is 20.8 Å². The monoisotopic (exact) mass is 214 g/mol. The smallest absolute Gasteiger partial charge is 0.328 e. The lowest BCUT2D eigenvalue weighted by Gasteiger charge is -2.17. The molecule has 2 N–H and O–H groups in total. The maximum atomic E-state index is 10.3. The highest BCUT2D eigenvalue weighted by Crippen LogP contribution is 1.89. The standard InChI is InChI=1S/C11H22N2O2/c1-4-13(5-2)7-6-12-9-10(3)8-11(14)15/h8,12H,4-7,9H2,1-3H3,(H,14,15). The minimum Gasteiger partial charge on any atom is -0.478 e. The third-order valence-electron chi connectivity index (χ3n) is 2.27. The van der Waals surface area contributed by atoms with Gasteiger partial charge in [-0.1, -0.05) is 19.4 Å². The van der Waals surface area contributed by atoms with E-state index >= 15 is 0 Å². The van der Waals surface area contributed by atoms with E-state index in [1.54, 1.807) is 0 Å². The average Bonchev–Trinajstić information content (AvgIpc) is 2.17. The second kappa shape index (κ2) is 8.44. The van der Waals surface area contributed by atoms with Crippen LogP contribution in [0.2, 0.25) is 0 Å². The van der Waals surface area contributed by atoms with Gasteiger partial charge in [0, 0.05) is 25.7 Å². The quantitative estimate of drug-likeness (QED) is 0.466. The number of nitrogens with one attached hydrogen (secondary N) is 1. The number of nitrogens with zero attached hydrogens (tertiary/aromatic N) is 1. The van der Waals surface area contributed by atoms with Crippen LogP contribution < -0.4 is 5.32 Å². The molecule has 15 heavy (non-hydrogen) atoms. The largest absolute Gasteiger partial charge is 0.478 e.